The van der Waals surface area contributed by atoms with Gasteiger partial charge in [-0.15, -0.1) is 10.2 Å². The van der Waals surface area contributed by atoms with Crippen LogP contribution in [-0.4, -0.2) is 26.4 Å². The Bertz CT molecular complexity index is 1170. The molecule has 2 heterocycles. The molecule has 0 unspecified atom stereocenters. The minimum Gasteiger partial charge on any atom is -0.467 e. The Morgan fingerprint density at radius 1 is 1.13 bits per heavy atom. The predicted octanol–water partition coefficient (Wildman–Crippen LogP) is 5.15. The van der Waals surface area contributed by atoms with Gasteiger partial charge in [0.05, 0.1) is 18.5 Å². The van der Waals surface area contributed by atoms with E-state index in [0.29, 0.717) is 17.5 Å². The first-order valence-electron chi connectivity index (χ1n) is 9.80. The average molecular weight is 437 g/mol. The van der Waals surface area contributed by atoms with Crippen LogP contribution in [0, 0.1) is 12.7 Å². The molecule has 0 radical (unpaired) electrons. The van der Waals surface area contributed by atoms with E-state index in [-0.39, 0.29) is 18.0 Å². The average Bonchev–Trinajstić information content (AvgIpc) is 3.41. The second-order valence-electron chi connectivity index (χ2n) is 6.97. The number of hydrogen-bond acceptors (Lipinski definition) is 5. The molecule has 6 nitrogen and oxygen atoms in total. The normalized spacial score (nSPS) is 10.9. The summed E-state index contributed by atoms with van der Waals surface area (Å²) >= 11 is 1.42. The Balaban J connectivity index is 1.47. The van der Waals surface area contributed by atoms with Crippen molar-refractivity contribution in [3.63, 3.8) is 0 Å². The Morgan fingerprint density at radius 3 is 2.77 bits per heavy atom. The number of halogens is 1. The minimum atomic E-state index is -0.454. The fourth-order valence-electron chi connectivity index (χ4n) is 3.10. The van der Waals surface area contributed by atoms with Crippen molar-refractivity contribution in [2.45, 2.75) is 25.0 Å². The zero-order chi connectivity index (χ0) is 21.6. The maximum absolute atomic E-state index is 13.7. The predicted molar refractivity (Wildman–Crippen MR) is 118 cm³/mol. The van der Waals surface area contributed by atoms with Crippen molar-refractivity contribution < 1.29 is 13.6 Å². The van der Waals surface area contributed by atoms with Crippen LogP contribution in [0.3, 0.4) is 0 Å². The summed E-state index contributed by atoms with van der Waals surface area (Å²) < 4.78 is 21.2. The number of nitrogens with one attached hydrogen (secondary N) is 1. The smallest absolute Gasteiger partial charge is 0.225 e. The topological polar surface area (TPSA) is 73.0 Å². The highest BCUT2D eigenvalue weighted by molar-refractivity contribution is 7.99. The summed E-state index contributed by atoms with van der Waals surface area (Å²) in [5, 5.41) is 12.0. The van der Waals surface area contributed by atoms with Crippen molar-refractivity contribution in [1.82, 2.24) is 14.8 Å². The standard InChI is InChI=1S/C23H21FN4O2S/c1-16-6-4-7-17(14-16)22-26-27-23(28(22)15-18-8-5-12-30-18)31-13-11-21(29)25-20-10-3-2-9-19(20)24/h2-10,12,14H,11,13,15H2,1H3,(H,25,29). The molecule has 1 N–H and O–H groups in total. The van der Waals surface area contributed by atoms with E-state index < -0.39 is 5.82 Å². The van der Waals surface area contributed by atoms with E-state index in [1.165, 1.54) is 23.9 Å². The molecule has 0 saturated carbocycles. The first kappa shape index (κ1) is 20.9. The van der Waals surface area contributed by atoms with Gasteiger partial charge in [-0.25, -0.2) is 4.39 Å². The summed E-state index contributed by atoms with van der Waals surface area (Å²) in [5.41, 5.74) is 2.27. The molecule has 31 heavy (non-hydrogen) atoms. The zero-order valence-electron chi connectivity index (χ0n) is 16.9. The summed E-state index contributed by atoms with van der Waals surface area (Å²) in [6.07, 6.45) is 1.85. The van der Waals surface area contributed by atoms with Gasteiger partial charge in [0.15, 0.2) is 11.0 Å². The summed E-state index contributed by atoms with van der Waals surface area (Å²) in [6.45, 7) is 2.51. The highest BCUT2D eigenvalue weighted by atomic mass is 32.2. The molecule has 1 amide bonds. The third-order valence-corrected chi connectivity index (χ3v) is 5.56. The van der Waals surface area contributed by atoms with Crippen LogP contribution in [0.4, 0.5) is 10.1 Å². The lowest BCUT2D eigenvalue weighted by atomic mass is 10.1. The minimum absolute atomic E-state index is 0.181. The van der Waals surface area contributed by atoms with Crippen molar-refractivity contribution in [3.8, 4) is 11.4 Å². The number of benzene rings is 2. The molecule has 2 aromatic carbocycles. The molecular weight excluding hydrogens is 415 g/mol. The molecule has 0 atom stereocenters. The van der Waals surface area contributed by atoms with Gasteiger partial charge in [0.2, 0.25) is 5.91 Å². The number of nitrogens with zero attached hydrogens (tertiary/aromatic N) is 3. The Hall–Kier alpha value is -3.39. The number of hydrogen-bond donors (Lipinski definition) is 1. The Labute approximate surface area is 183 Å². The number of amides is 1. The molecule has 0 spiro atoms. The lowest BCUT2D eigenvalue weighted by molar-refractivity contribution is -0.115. The molecule has 0 fully saturated rings. The number of aromatic nitrogens is 3. The molecular formula is C23H21FN4O2S. The largest absolute Gasteiger partial charge is 0.467 e. The van der Waals surface area contributed by atoms with E-state index in [0.717, 1.165) is 22.7 Å². The fraction of sp³-hybridized carbons (Fsp3) is 0.174. The molecule has 8 heteroatoms. The van der Waals surface area contributed by atoms with Gasteiger partial charge >= 0.3 is 0 Å². The van der Waals surface area contributed by atoms with Gasteiger partial charge in [-0.3, -0.25) is 9.36 Å². The number of anilines is 1. The summed E-state index contributed by atoms with van der Waals surface area (Å²) in [4.78, 5) is 12.2. The van der Waals surface area contributed by atoms with Crippen LogP contribution in [0.1, 0.15) is 17.7 Å². The number of para-hydroxylation sites is 1. The third-order valence-electron chi connectivity index (χ3n) is 4.60. The van der Waals surface area contributed by atoms with E-state index in [9.17, 15) is 9.18 Å². The number of thioether (sulfide) groups is 1. The molecule has 2 aromatic heterocycles. The summed E-state index contributed by atoms with van der Waals surface area (Å²) in [6, 6.07) is 17.9. The number of carbonyl (C=O) groups excluding carboxylic acids is 1. The zero-order valence-corrected chi connectivity index (χ0v) is 17.7. The lowest BCUT2D eigenvalue weighted by Gasteiger charge is -2.09. The maximum atomic E-state index is 13.7. The second-order valence-corrected chi connectivity index (χ2v) is 8.03. The van der Waals surface area contributed by atoms with Crippen molar-refractivity contribution in [2.75, 3.05) is 11.1 Å². The number of rotatable bonds is 8. The number of furan rings is 1. The van der Waals surface area contributed by atoms with Gasteiger partial charge in [-0.2, -0.15) is 0 Å². The van der Waals surface area contributed by atoms with Crippen LogP contribution >= 0.6 is 11.8 Å². The van der Waals surface area contributed by atoms with Crippen LogP contribution < -0.4 is 5.32 Å². The maximum Gasteiger partial charge on any atom is 0.225 e. The quantitative estimate of drug-likeness (QED) is 0.387. The number of aryl methyl sites for hydroxylation is 1. The molecule has 4 rings (SSSR count). The van der Waals surface area contributed by atoms with Crippen molar-refractivity contribution in [1.29, 1.82) is 0 Å². The van der Waals surface area contributed by atoms with E-state index >= 15 is 0 Å². The van der Waals surface area contributed by atoms with Crippen molar-refractivity contribution in [2.24, 2.45) is 0 Å². The highest BCUT2D eigenvalue weighted by Gasteiger charge is 2.16. The monoisotopic (exact) mass is 436 g/mol. The molecule has 0 saturated heterocycles. The molecule has 0 aliphatic rings. The van der Waals surface area contributed by atoms with Gasteiger partial charge in [0.1, 0.15) is 11.6 Å². The Morgan fingerprint density at radius 2 is 2.00 bits per heavy atom. The molecule has 4 aromatic rings. The summed E-state index contributed by atoms with van der Waals surface area (Å²) in [5.74, 6) is 1.29. The van der Waals surface area contributed by atoms with Crippen molar-refractivity contribution >= 4 is 23.4 Å². The first-order valence-corrected chi connectivity index (χ1v) is 10.8. The molecule has 0 aliphatic heterocycles. The SMILES string of the molecule is Cc1cccc(-c2nnc(SCCC(=O)Nc3ccccc3F)n2Cc2ccco2)c1. The van der Waals surface area contributed by atoms with Crippen LogP contribution in [0.25, 0.3) is 11.4 Å². The van der Waals surface area contributed by atoms with Gasteiger partial charge in [-0.05, 0) is 37.3 Å². The first-order chi connectivity index (χ1) is 15.1. The van der Waals surface area contributed by atoms with Crippen molar-refractivity contribution in [3.05, 3.63) is 84.1 Å². The van der Waals surface area contributed by atoms with Crippen LogP contribution in [0.15, 0.2) is 76.5 Å². The van der Waals surface area contributed by atoms with Gasteiger partial charge in [0.25, 0.3) is 0 Å². The van der Waals surface area contributed by atoms with E-state index in [4.69, 9.17) is 4.42 Å². The van der Waals surface area contributed by atoms with E-state index in [2.05, 4.69) is 21.6 Å². The lowest BCUT2D eigenvalue weighted by Crippen LogP contribution is -2.13. The molecule has 0 bridgehead atoms. The van der Waals surface area contributed by atoms with Crippen LogP contribution in [0.2, 0.25) is 0 Å². The van der Waals surface area contributed by atoms with Crippen LogP contribution in [-0.2, 0) is 11.3 Å². The van der Waals surface area contributed by atoms with Gasteiger partial charge in [-0.1, -0.05) is 47.7 Å². The number of carbonyl (C=O) groups is 1. The van der Waals surface area contributed by atoms with Crippen LogP contribution in [0.5, 0.6) is 0 Å². The van der Waals surface area contributed by atoms with E-state index in [1.54, 1.807) is 18.4 Å². The summed E-state index contributed by atoms with van der Waals surface area (Å²) in [7, 11) is 0. The molecule has 0 aliphatic carbocycles. The third kappa shape index (κ3) is 5.21. The second kappa shape index (κ2) is 9.61. The Kier molecular flexibility index (Phi) is 6.47. The van der Waals surface area contributed by atoms with E-state index in [1.807, 2.05) is 41.8 Å². The molecule has 158 valence electrons. The fourth-order valence-corrected chi connectivity index (χ4v) is 3.98. The van der Waals surface area contributed by atoms with Gasteiger partial charge < -0.3 is 9.73 Å². The highest BCUT2D eigenvalue weighted by Crippen LogP contribution is 2.26. The van der Waals surface area contributed by atoms with Gasteiger partial charge in [0, 0.05) is 17.7 Å².